The van der Waals surface area contributed by atoms with Gasteiger partial charge < -0.3 is 8.98 Å². The molecule has 0 aliphatic heterocycles. The molecule has 0 saturated carbocycles. The summed E-state index contributed by atoms with van der Waals surface area (Å²) in [5.41, 5.74) is 13.5. The fourth-order valence-corrected chi connectivity index (χ4v) is 8.77. The molecule has 4 heterocycles. The predicted octanol–water partition coefficient (Wildman–Crippen LogP) is 14.3. The van der Waals surface area contributed by atoms with Crippen LogP contribution in [0, 0.1) is 0 Å². The van der Waals surface area contributed by atoms with Gasteiger partial charge in [0.05, 0.1) is 22.1 Å². The van der Waals surface area contributed by atoms with E-state index in [1.54, 1.807) is 0 Å². The average Bonchev–Trinajstić information content (AvgIpc) is 3.90. The Kier molecular flexibility index (Phi) is 8.38. The first kappa shape index (κ1) is 35.5. The van der Waals surface area contributed by atoms with E-state index in [0.29, 0.717) is 17.5 Å². The van der Waals surface area contributed by atoms with Crippen molar-refractivity contribution in [2.45, 2.75) is 0 Å². The molecule has 8 aromatic carbocycles. The molecule has 62 heavy (non-hydrogen) atoms. The van der Waals surface area contributed by atoms with Crippen molar-refractivity contribution in [2.24, 2.45) is 0 Å². The van der Waals surface area contributed by atoms with Gasteiger partial charge in [-0.25, -0.2) is 15.0 Å². The molecule has 12 rings (SSSR count). The number of para-hydroxylation sites is 2. The first-order valence-electron chi connectivity index (χ1n) is 20.7. The molecule has 6 heteroatoms. The first-order valence-corrected chi connectivity index (χ1v) is 20.7. The molecule has 0 amide bonds. The van der Waals surface area contributed by atoms with Crippen LogP contribution >= 0.6 is 0 Å². The third-order valence-electron chi connectivity index (χ3n) is 11.7. The Labute approximate surface area is 357 Å². The van der Waals surface area contributed by atoms with Crippen LogP contribution in [0.25, 0.3) is 117 Å². The number of hydrogen-bond acceptors (Lipinski definition) is 5. The largest absolute Gasteiger partial charge is 0.456 e. The lowest BCUT2D eigenvalue weighted by atomic mass is 9.96. The summed E-state index contributed by atoms with van der Waals surface area (Å²) in [5.74, 6) is 1.71. The van der Waals surface area contributed by atoms with Gasteiger partial charge in [-0.3, -0.25) is 4.98 Å². The van der Waals surface area contributed by atoms with Crippen LogP contribution in [0.4, 0.5) is 0 Å². The van der Waals surface area contributed by atoms with Gasteiger partial charge in [0.2, 0.25) is 0 Å². The predicted molar refractivity (Wildman–Crippen MR) is 252 cm³/mol. The highest BCUT2D eigenvalue weighted by Crippen LogP contribution is 2.43. The minimum Gasteiger partial charge on any atom is -0.456 e. The van der Waals surface area contributed by atoms with E-state index in [9.17, 15) is 0 Å². The Hall–Kier alpha value is -8.48. The molecular formula is C56H35N5O. The lowest BCUT2D eigenvalue weighted by Crippen LogP contribution is -2.02. The van der Waals surface area contributed by atoms with Crippen molar-refractivity contribution in [1.82, 2.24) is 24.5 Å². The van der Waals surface area contributed by atoms with E-state index in [-0.39, 0.29) is 0 Å². The van der Waals surface area contributed by atoms with Crippen molar-refractivity contribution in [1.29, 1.82) is 0 Å². The maximum absolute atomic E-state index is 6.64. The zero-order valence-electron chi connectivity index (χ0n) is 33.4. The Bertz CT molecular complexity index is 3560. The van der Waals surface area contributed by atoms with Crippen molar-refractivity contribution < 1.29 is 4.42 Å². The number of fused-ring (bicyclic) bond motifs is 7. The molecule has 290 valence electrons. The number of furan rings is 1. The van der Waals surface area contributed by atoms with Gasteiger partial charge in [-0.1, -0.05) is 146 Å². The van der Waals surface area contributed by atoms with E-state index in [4.69, 9.17) is 24.4 Å². The van der Waals surface area contributed by atoms with Gasteiger partial charge in [-0.15, -0.1) is 0 Å². The molecule has 6 nitrogen and oxygen atoms in total. The molecule has 0 atom stereocenters. The summed E-state index contributed by atoms with van der Waals surface area (Å²) in [5, 5.41) is 4.40. The van der Waals surface area contributed by atoms with E-state index >= 15 is 0 Å². The molecule has 0 saturated heterocycles. The maximum atomic E-state index is 6.64. The fourth-order valence-electron chi connectivity index (χ4n) is 8.77. The Morgan fingerprint density at radius 1 is 0.371 bits per heavy atom. The Morgan fingerprint density at radius 2 is 0.952 bits per heavy atom. The molecule has 4 aromatic heterocycles. The van der Waals surface area contributed by atoms with E-state index in [1.165, 1.54) is 5.39 Å². The fraction of sp³-hybridized carbons (Fsp3) is 0. The van der Waals surface area contributed by atoms with E-state index in [1.807, 2.05) is 72.9 Å². The number of benzene rings is 8. The number of pyridine rings is 1. The summed E-state index contributed by atoms with van der Waals surface area (Å²) in [7, 11) is 0. The summed E-state index contributed by atoms with van der Waals surface area (Å²) in [6.45, 7) is 0. The molecule has 0 aliphatic carbocycles. The topological polar surface area (TPSA) is 69.6 Å². The van der Waals surface area contributed by atoms with Crippen molar-refractivity contribution in [3.05, 3.63) is 212 Å². The second kappa shape index (κ2) is 14.7. The highest BCUT2D eigenvalue weighted by atomic mass is 16.3. The van der Waals surface area contributed by atoms with Gasteiger partial charge in [0.1, 0.15) is 11.2 Å². The van der Waals surface area contributed by atoms with Crippen LogP contribution in [0.1, 0.15) is 0 Å². The Balaban J connectivity index is 1.12. The third kappa shape index (κ3) is 6.04. The van der Waals surface area contributed by atoms with Crippen molar-refractivity contribution >= 4 is 43.7 Å². The van der Waals surface area contributed by atoms with Crippen molar-refractivity contribution in [3.63, 3.8) is 0 Å². The van der Waals surface area contributed by atoms with E-state index in [0.717, 1.165) is 94.2 Å². The number of rotatable bonds is 7. The number of nitrogens with zero attached hydrogens (tertiary/aromatic N) is 5. The van der Waals surface area contributed by atoms with Gasteiger partial charge in [0.15, 0.2) is 17.5 Å². The van der Waals surface area contributed by atoms with Crippen LogP contribution in [-0.4, -0.2) is 24.5 Å². The molecule has 12 aromatic rings. The van der Waals surface area contributed by atoms with E-state index in [2.05, 4.69) is 144 Å². The molecular weight excluding hydrogens is 759 g/mol. The first-order chi connectivity index (χ1) is 30.7. The standard InChI is InChI=1S/C56H35N5O/c1-5-16-36(17-6-1)39-22-15-23-40(32-39)42-34-47(56-59-54(37-18-7-2-8-19-37)58-55(60-56)38-20-9-3-10-21-38)52(57-35-42)41-28-30-49-46(33-41)51-50(62-49)31-29-45-44-26-13-14-27-48(44)61(53(45)51)43-24-11-4-12-25-43/h1-35H. The summed E-state index contributed by atoms with van der Waals surface area (Å²) in [6.07, 6.45) is 1.96. The van der Waals surface area contributed by atoms with Gasteiger partial charge in [-0.05, 0) is 77.4 Å². The SMILES string of the molecule is c1ccc(-c2cccc(-c3cnc(-c4ccc5oc6ccc7c8ccccc8n(-c8ccccc8)c7c6c5c4)c(-c4nc(-c5ccccc5)nc(-c5ccccc5)n4)c3)c2)cc1. The summed E-state index contributed by atoms with van der Waals surface area (Å²) < 4.78 is 9.00. The zero-order chi connectivity index (χ0) is 41.0. The minimum atomic E-state index is 0.532. The van der Waals surface area contributed by atoms with Gasteiger partial charge in [-0.2, -0.15) is 0 Å². The zero-order valence-corrected chi connectivity index (χ0v) is 33.4. The third-order valence-corrected chi connectivity index (χ3v) is 11.7. The molecule has 0 radical (unpaired) electrons. The molecule has 0 bridgehead atoms. The minimum absolute atomic E-state index is 0.532. The van der Waals surface area contributed by atoms with Crippen molar-refractivity contribution in [3.8, 4) is 73.4 Å². The second-order valence-electron chi connectivity index (χ2n) is 15.4. The lowest BCUT2D eigenvalue weighted by Gasteiger charge is -2.14. The van der Waals surface area contributed by atoms with Crippen LogP contribution in [-0.2, 0) is 0 Å². The number of aromatic nitrogens is 5. The van der Waals surface area contributed by atoms with Crippen LogP contribution in [0.5, 0.6) is 0 Å². The Morgan fingerprint density at radius 3 is 1.66 bits per heavy atom. The normalized spacial score (nSPS) is 11.5. The highest BCUT2D eigenvalue weighted by molar-refractivity contribution is 6.24. The van der Waals surface area contributed by atoms with Crippen LogP contribution < -0.4 is 0 Å². The summed E-state index contributed by atoms with van der Waals surface area (Å²) >= 11 is 0. The summed E-state index contributed by atoms with van der Waals surface area (Å²) in [6, 6.07) is 71.2. The van der Waals surface area contributed by atoms with Gasteiger partial charge in [0, 0.05) is 55.9 Å². The van der Waals surface area contributed by atoms with E-state index < -0.39 is 0 Å². The second-order valence-corrected chi connectivity index (χ2v) is 15.4. The molecule has 0 unspecified atom stereocenters. The molecule has 0 aliphatic rings. The van der Waals surface area contributed by atoms with Crippen LogP contribution in [0.15, 0.2) is 217 Å². The maximum Gasteiger partial charge on any atom is 0.166 e. The molecule has 0 fully saturated rings. The van der Waals surface area contributed by atoms with Gasteiger partial charge in [0.25, 0.3) is 0 Å². The van der Waals surface area contributed by atoms with Crippen molar-refractivity contribution in [2.75, 3.05) is 0 Å². The van der Waals surface area contributed by atoms with Gasteiger partial charge >= 0.3 is 0 Å². The molecule has 0 N–H and O–H groups in total. The summed E-state index contributed by atoms with van der Waals surface area (Å²) in [4.78, 5) is 20.8. The smallest absolute Gasteiger partial charge is 0.166 e. The highest BCUT2D eigenvalue weighted by Gasteiger charge is 2.22. The van der Waals surface area contributed by atoms with Crippen LogP contribution in [0.2, 0.25) is 0 Å². The quantitative estimate of drug-likeness (QED) is 0.161. The average molecular weight is 794 g/mol. The monoisotopic (exact) mass is 793 g/mol. The lowest BCUT2D eigenvalue weighted by molar-refractivity contribution is 0.669. The molecule has 0 spiro atoms. The number of hydrogen-bond donors (Lipinski definition) is 0. The van der Waals surface area contributed by atoms with Crippen LogP contribution in [0.3, 0.4) is 0 Å².